The number of carbonyl (C=O) groups excluding carboxylic acids is 1. The molecule has 0 atom stereocenters. The number of esters is 1. The molecule has 2 heterocycles. The van der Waals surface area contributed by atoms with Crippen LogP contribution in [0.3, 0.4) is 0 Å². The Balaban J connectivity index is 1.56. The summed E-state index contributed by atoms with van der Waals surface area (Å²) in [5, 5.41) is 19.9. The maximum absolute atomic E-state index is 13.0. The Bertz CT molecular complexity index is 1380. The number of aliphatic hydroxyl groups is 1. The highest BCUT2D eigenvalue weighted by atomic mass is 32.2. The normalized spacial score (nSPS) is 15.1. The summed E-state index contributed by atoms with van der Waals surface area (Å²) in [5.41, 5.74) is 1.09. The monoisotopic (exact) mass is 482 g/mol. The third-order valence-electron chi connectivity index (χ3n) is 5.45. The number of para-hydroxylation sites is 2. The van der Waals surface area contributed by atoms with Gasteiger partial charge in [-0.05, 0) is 43.2 Å². The number of imidazole rings is 1. The molecule has 176 valence electrons. The molecule has 11 heteroatoms. The van der Waals surface area contributed by atoms with E-state index >= 15 is 0 Å². The van der Waals surface area contributed by atoms with Crippen LogP contribution >= 0.6 is 0 Å². The Morgan fingerprint density at radius 2 is 1.97 bits per heavy atom. The average Bonchev–Trinajstić information content (AvgIpc) is 3.53. The molecule has 2 aromatic carbocycles. The summed E-state index contributed by atoms with van der Waals surface area (Å²) in [6.07, 6.45) is 1.53. The lowest BCUT2D eigenvalue weighted by Gasteiger charge is -2.18. The Kier molecular flexibility index (Phi) is 6.54. The zero-order valence-electron chi connectivity index (χ0n) is 18.3. The predicted molar refractivity (Wildman–Crippen MR) is 123 cm³/mol. The van der Waals surface area contributed by atoms with E-state index in [0.717, 1.165) is 12.8 Å². The van der Waals surface area contributed by atoms with E-state index < -0.39 is 28.4 Å². The number of aromatic nitrogens is 2. The number of carbonyl (C=O) groups is 1. The molecule has 0 spiro atoms. The molecule has 1 fully saturated rings. The number of nitrogens with zero attached hydrogens (tertiary/aromatic N) is 3. The zero-order valence-corrected chi connectivity index (χ0v) is 19.1. The topological polar surface area (TPSA) is 146 Å². The third kappa shape index (κ3) is 4.46. The van der Waals surface area contributed by atoms with Crippen LogP contribution in [0, 0.1) is 11.3 Å². The Hall–Kier alpha value is -3.88. The molecule has 3 aromatic rings. The number of benzene rings is 2. The van der Waals surface area contributed by atoms with E-state index in [2.05, 4.69) is 9.97 Å². The first-order chi connectivity index (χ1) is 16.3. The quantitative estimate of drug-likeness (QED) is 0.297. The van der Waals surface area contributed by atoms with Crippen molar-refractivity contribution < 1.29 is 27.8 Å². The minimum Gasteiger partial charge on any atom is -0.507 e. The fraction of sp³-hybridized carbons (Fsp3) is 0.261. The molecule has 0 aliphatic carbocycles. The van der Waals surface area contributed by atoms with Crippen LogP contribution in [0.1, 0.15) is 29.0 Å². The van der Waals surface area contributed by atoms with Crippen molar-refractivity contribution in [3.8, 4) is 11.8 Å². The summed E-state index contributed by atoms with van der Waals surface area (Å²) < 4.78 is 37.7. The lowest BCUT2D eigenvalue weighted by Crippen LogP contribution is -2.28. The molecule has 0 amide bonds. The fourth-order valence-corrected chi connectivity index (χ4v) is 5.39. The van der Waals surface area contributed by atoms with Crippen molar-refractivity contribution in [2.24, 2.45) is 0 Å². The number of rotatable bonds is 7. The van der Waals surface area contributed by atoms with Gasteiger partial charge in [-0.15, -0.1) is 0 Å². The largest absolute Gasteiger partial charge is 0.507 e. The van der Waals surface area contributed by atoms with Gasteiger partial charge in [0.1, 0.15) is 28.9 Å². The number of ether oxygens (including phenoxy) is 2. The summed E-state index contributed by atoms with van der Waals surface area (Å²) in [7, 11) is -2.50. The molecule has 0 saturated carbocycles. The highest BCUT2D eigenvalue weighted by Gasteiger charge is 2.31. The lowest BCUT2D eigenvalue weighted by molar-refractivity contribution is 0.0502. The molecule has 0 unspecified atom stereocenters. The molecule has 1 aliphatic rings. The maximum atomic E-state index is 13.0. The summed E-state index contributed by atoms with van der Waals surface area (Å²) >= 11 is 0. The first-order valence-electron chi connectivity index (χ1n) is 10.5. The van der Waals surface area contributed by atoms with Gasteiger partial charge in [-0.2, -0.15) is 9.57 Å². The van der Waals surface area contributed by atoms with Crippen molar-refractivity contribution in [1.29, 1.82) is 5.26 Å². The molecule has 2 N–H and O–H groups in total. The lowest BCUT2D eigenvalue weighted by atomic mass is 10.2. The molecule has 10 nitrogen and oxygen atoms in total. The van der Waals surface area contributed by atoms with Gasteiger partial charge >= 0.3 is 5.97 Å². The van der Waals surface area contributed by atoms with Gasteiger partial charge in [0, 0.05) is 13.1 Å². The molecular weight excluding hydrogens is 460 g/mol. The van der Waals surface area contributed by atoms with Crippen LogP contribution in [0.2, 0.25) is 0 Å². The van der Waals surface area contributed by atoms with E-state index in [1.54, 1.807) is 24.3 Å². The van der Waals surface area contributed by atoms with Gasteiger partial charge in [-0.1, -0.05) is 12.1 Å². The Morgan fingerprint density at radius 3 is 2.65 bits per heavy atom. The number of hydrogen-bond acceptors (Lipinski definition) is 8. The number of H-pyrrole nitrogens is 1. The van der Waals surface area contributed by atoms with Gasteiger partial charge in [0.05, 0.1) is 23.7 Å². The van der Waals surface area contributed by atoms with Gasteiger partial charge in [0.25, 0.3) is 0 Å². The smallest absolute Gasteiger partial charge is 0.338 e. The second-order valence-corrected chi connectivity index (χ2v) is 9.50. The van der Waals surface area contributed by atoms with Gasteiger partial charge in [-0.3, -0.25) is 0 Å². The second-order valence-electron chi connectivity index (χ2n) is 7.59. The van der Waals surface area contributed by atoms with E-state index in [1.807, 2.05) is 6.07 Å². The summed E-state index contributed by atoms with van der Waals surface area (Å²) in [6, 6.07) is 12.9. The standard InChI is InChI=1S/C23H22N4O6S/c1-32-20-9-8-15(12-21(20)34(30,31)27-10-4-5-11-27)23(29)33-14-19(28)16(13-24)22-25-17-6-2-3-7-18(17)26-22/h2-3,6-9,12,28H,4-5,10-11,14H2,1H3,(H,25,26)/b19-16-. The molecule has 1 saturated heterocycles. The molecule has 1 aromatic heterocycles. The van der Waals surface area contributed by atoms with Gasteiger partial charge in [0.2, 0.25) is 10.0 Å². The van der Waals surface area contributed by atoms with Crippen LogP contribution in [-0.2, 0) is 14.8 Å². The SMILES string of the molecule is COc1ccc(C(=O)OC/C(O)=C(\C#N)c2nc3ccccc3[nH]2)cc1S(=O)(=O)N1CCCC1. The zero-order chi connectivity index (χ0) is 24.3. The van der Waals surface area contributed by atoms with Gasteiger partial charge in [-0.25, -0.2) is 18.2 Å². The minimum absolute atomic E-state index is 0.0337. The van der Waals surface area contributed by atoms with E-state index in [0.29, 0.717) is 24.1 Å². The fourth-order valence-electron chi connectivity index (χ4n) is 3.69. The van der Waals surface area contributed by atoms with E-state index in [1.165, 1.54) is 29.6 Å². The summed E-state index contributed by atoms with van der Waals surface area (Å²) in [6.45, 7) is 0.203. The van der Waals surface area contributed by atoms with Crippen LogP contribution in [0.15, 0.2) is 53.1 Å². The van der Waals surface area contributed by atoms with Crippen molar-refractivity contribution in [2.75, 3.05) is 26.8 Å². The minimum atomic E-state index is -3.85. The molecule has 1 aliphatic heterocycles. The van der Waals surface area contributed by atoms with Crippen LogP contribution in [0.5, 0.6) is 5.75 Å². The van der Waals surface area contributed by atoms with Gasteiger partial charge in [0.15, 0.2) is 11.6 Å². The number of allylic oxidation sites excluding steroid dienone is 1. The predicted octanol–water partition coefficient (Wildman–Crippen LogP) is 3.01. The van der Waals surface area contributed by atoms with Crippen LogP contribution in [-0.4, -0.2) is 60.6 Å². The molecule has 4 rings (SSSR count). The third-order valence-corrected chi connectivity index (χ3v) is 7.37. The Morgan fingerprint density at radius 1 is 1.24 bits per heavy atom. The van der Waals surface area contributed by atoms with E-state index in [4.69, 9.17) is 9.47 Å². The van der Waals surface area contributed by atoms with Crippen molar-refractivity contribution in [3.05, 3.63) is 59.6 Å². The van der Waals surface area contributed by atoms with Crippen molar-refractivity contribution in [2.45, 2.75) is 17.7 Å². The van der Waals surface area contributed by atoms with Gasteiger partial charge < -0.3 is 19.6 Å². The summed E-state index contributed by atoms with van der Waals surface area (Å²) in [4.78, 5) is 19.7. The molecule has 34 heavy (non-hydrogen) atoms. The van der Waals surface area contributed by atoms with Crippen LogP contribution in [0.4, 0.5) is 0 Å². The highest BCUT2D eigenvalue weighted by Crippen LogP contribution is 2.30. The van der Waals surface area contributed by atoms with E-state index in [9.17, 15) is 23.6 Å². The van der Waals surface area contributed by atoms with Crippen molar-refractivity contribution >= 4 is 32.6 Å². The van der Waals surface area contributed by atoms with Crippen LogP contribution in [0.25, 0.3) is 16.6 Å². The summed E-state index contributed by atoms with van der Waals surface area (Å²) in [5.74, 6) is -1.11. The number of hydrogen-bond donors (Lipinski definition) is 2. The van der Waals surface area contributed by atoms with Crippen molar-refractivity contribution in [1.82, 2.24) is 14.3 Å². The molecule has 0 bridgehead atoms. The number of aliphatic hydroxyl groups excluding tert-OH is 1. The average molecular weight is 483 g/mol. The number of sulfonamides is 1. The maximum Gasteiger partial charge on any atom is 0.338 e. The van der Waals surface area contributed by atoms with E-state index in [-0.39, 0.29) is 27.6 Å². The van der Waals surface area contributed by atoms with Crippen LogP contribution < -0.4 is 4.74 Å². The Labute approximate surface area is 196 Å². The first-order valence-corrected chi connectivity index (χ1v) is 11.9. The first kappa shape index (κ1) is 23.3. The highest BCUT2D eigenvalue weighted by molar-refractivity contribution is 7.89. The number of aromatic amines is 1. The number of nitrogens with one attached hydrogen (secondary N) is 1. The van der Waals surface area contributed by atoms with Crippen molar-refractivity contribution in [3.63, 3.8) is 0 Å². The number of methoxy groups -OCH3 is 1. The number of nitriles is 1. The number of fused-ring (bicyclic) bond motifs is 1. The molecule has 0 radical (unpaired) electrons. The molecular formula is C23H22N4O6S. The second kappa shape index (κ2) is 9.54.